The van der Waals surface area contributed by atoms with Crippen LogP contribution in [0.15, 0.2) is 35.0 Å². The van der Waals surface area contributed by atoms with Crippen molar-refractivity contribution >= 4 is 11.9 Å². The van der Waals surface area contributed by atoms with Crippen LogP contribution in [0.1, 0.15) is 75.2 Å². The Bertz CT molecular complexity index is 1130. The Kier molecular flexibility index (Phi) is 4.61. The van der Waals surface area contributed by atoms with E-state index < -0.39 is 5.97 Å². The zero-order valence-electron chi connectivity index (χ0n) is 16.4. The highest BCUT2D eigenvalue weighted by molar-refractivity contribution is 5.94. The fourth-order valence-corrected chi connectivity index (χ4v) is 4.49. The van der Waals surface area contributed by atoms with E-state index in [2.05, 4.69) is 15.6 Å². The van der Waals surface area contributed by atoms with Gasteiger partial charge in [0.25, 0.3) is 5.91 Å². The first-order chi connectivity index (χ1) is 14.6. The number of nitrogens with one attached hydrogen (secondary N) is 1. The van der Waals surface area contributed by atoms with Crippen LogP contribution >= 0.6 is 0 Å². The highest BCUT2D eigenvalue weighted by Crippen LogP contribution is 2.32. The molecule has 0 fully saturated rings. The second kappa shape index (κ2) is 7.44. The number of amides is 1. The van der Waals surface area contributed by atoms with E-state index >= 15 is 0 Å². The summed E-state index contributed by atoms with van der Waals surface area (Å²) < 4.78 is 7.16. The summed E-state index contributed by atoms with van der Waals surface area (Å²) in [7, 11) is 0. The number of aryl methyl sites for hydroxylation is 1. The standard InChI is InChI=1S/C22H22N4O4/c27-21(20-15-7-1-2-10-19(15)30-25-20)24-17-8-4-9-18-16(17)12-23-26(18)14-6-3-5-13(11-14)22(28)29/h3,5-6,11-12,17H,1-2,4,7-10H2,(H,24,27)(H,28,29). The van der Waals surface area contributed by atoms with Gasteiger partial charge in [0.15, 0.2) is 5.69 Å². The van der Waals surface area contributed by atoms with Crippen molar-refractivity contribution in [3.8, 4) is 5.69 Å². The van der Waals surface area contributed by atoms with Crippen molar-refractivity contribution in [1.82, 2.24) is 20.3 Å². The molecule has 30 heavy (non-hydrogen) atoms. The lowest BCUT2D eigenvalue weighted by Crippen LogP contribution is -2.32. The third-order valence-corrected chi connectivity index (χ3v) is 5.99. The molecule has 1 atom stereocenters. The molecule has 2 aliphatic rings. The van der Waals surface area contributed by atoms with Gasteiger partial charge in [-0.2, -0.15) is 5.10 Å². The Morgan fingerprint density at radius 1 is 1.17 bits per heavy atom. The van der Waals surface area contributed by atoms with Gasteiger partial charge in [-0.1, -0.05) is 11.2 Å². The smallest absolute Gasteiger partial charge is 0.335 e. The van der Waals surface area contributed by atoms with E-state index in [1.807, 2.05) is 6.07 Å². The minimum absolute atomic E-state index is 0.159. The molecule has 2 aromatic heterocycles. The average Bonchev–Trinajstić information content (AvgIpc) is 3.39. The molecular formula is C22H22N4O4. The van der Waals surface area contributed by atoms with Crippen LogP contribution in [0.3, 0.4) is 0 Å². The van der Waals surface area contributed by atoms with Gasteiger partial charge in [-0.05, 0) is 56.7 Å². The molecule has 2 N–H and O–H groups in total. The lowest BCUT2D eigenvalue weighted by atomic mass is 9.92. The highest BCUT2D eigenvalue weighted by atomic mass is 16.5. The predicted octanol–water partition coefficient (Wildman–Crippen LogP) is 3.24. The average molecular weight is 406 g/mol. The number of hydrogen-bond donors (Lipinski definition) is 2. The maximum absolute atomic E-state index is 12.9. The number of fused-ring (bicyclic) bond motifs is 2. The zero-order valence-corrected chi connectivity index (χ0v) is 16.4. The summed E-state index contributed by atoms with van der Waals surface area (Å²) >= 11 is 0. The van der Waals surface area contributed by atoms with E-state index in [4.69, 9.17) is 4.52 Å². The topological polar surface area (TPSA) is 110 Å². The van der Waals surface area contributed by atoms with Crippen LogP contribution in [-0.2, 0) is 19.3 Å². The number of aromatic carboxylic acids is 1. The summed E-state index contributed by atoms with van der Waals surface area (Å²) in [5, 5.41) is 20.9. The van der Waals surface area contributed by atoms with Gasteiger partial charge in [-0.15, -0.1) is 0 Å². The Morgan fingerprint density at radius 2 is 2.03 bits per heavy atom. The fraction of sp³-hybridized carbons (Fsp3) is 0.364. The van der Waals surface area contributed by atoms with Crippen LogP contribution in [0, 0.1) is 0 Å². The van der Waals surface area contributed by atoms with Crippen molar-refractivity contribution in [2.45, 2.75) is 51.0 Å². The number of carboxylic acids is 1. The van der Waals surface area contributed by atoms with Gasteiger partial charge >= 0.3 is 5.97 Å². The molecule has 1 aromatic carbocycles. The van der Waals surface area contributed by atoms with Gasteiger partial charge in [0.1, 0.15) is 5.76 Å². The molecule has 5 rings (SSSR count). The molecule has 0 saturated heterocycles. The highest BCUT2D eigenvalue weighted by Gasteiger charge is 2.29. The quantitative estimate of drug-likeness (QED) is 0.688. The van der Waals surface area contributed by atoms with Crippen LogP contribution in [0.4, 0.5) is 0 Å². The number of rotatable bonds is 4. The molecule has 8 nitrogen and oxygen atoms in total. The normalized spacial score (nSPS) is 17.8. The molecule has 2 aliphatic carbocycles. The van der Waals surface area contributed by atoms with Gasteiger partial charge in [0, 0.05) is 23.2 Å². The predicted molar refractivity (Wildman–Crippen MR) is 107 cm³/mol. The van der Waals surface area contributed by atoms with Crippen molar-refractivity contribution in [3.05, 3.63) is 64.3 Å². The maximum Gasteiger partial charge on any atom is 0.335 e. The van der Waals surface area contributed by atoms with Gasteiger partial charge in [0.05, 0.1) is 23.5 Å². The van der Waals surface area contributed by atoms with Crippen molar-refractivity contribution in [2.75, 3.05) is 0 Å². The molecule has 154 valence electrons. The summed E-state index contributed by atoms with van der Waals surface area (Å²) in [4.78, 5) is 24.2. The largest absolute Gasteiger partial charge is 0.478 e. The van der Waals surface area contributed by atoms with Crippen molar-refractivity contribution in [1.29, 1.82) is 0 Å². The molecule has 1 unspecified atom stereocenters. The molecule has 0 spiro atoms. The van der Waals surface area contributed by atoms with Crippen molar-refractivity contribution < 1.29 is 19.2 Å². The zero-order chi connectivity index (χ0) is 20.7. The summed E-state index contributed by atoms with van der Waals surface area (Å²) in [5.74, 6) is -0.346. The number of carboxylic acid groups (broad SMARTS) is 1. The Balaban J connectivity index is 1.42. The Labute approximate surface area is 172 Å². The number of carbonyl (C=O) groups excluding carboxylic acids is 1. The number of carbonyl (C=O) groups is 2. The summed E-state index contributed by atoms with van der Waals surface area (Å²) in [6.07, 6.45) is 8.09. The fourth-order valence-electron chi connectivity index (χ4n) is 4.49. The minimum Gasteiger partial charge on any atom is -0.478 e. The van der Waals surface area contributed by atoms with E-state index in [0.29, 0.717) is 11.4 Å². The first-order valence-electron chi connectivity index (χ1n) is 10.3. The van der Waals surface area contributed by atoms with Gasteiger partial charge in [-0.3, -0.25) is 4.79 Å². The molecule has 1 amide bonds. The third kappa shape index (κ3) is 3.18. The van der Waals surface area contributed by atoms with E-state index in [1.165, 1.54) is 0 Å². The number of hydrogen-bond acceptors (Lipinski definition) is 5. The van der Waals surface area contributed by atoms with Gasteiger partial charge < -0.3 is 14.9 Å². The van der Waals surface area contributed by atoms with E-state index in [1.54, 1.807) is 29.1 Å². The number of nitrogens with zero attached hydrogens (tertiary/aromatic N) is 3. The van der Waals surface area contributed by atoms with Crippen LogP contribution in [-0.4, -0.2) is 31.9 Å². The maximum atomic E-state index is 12.9. The SMILES string of the molecule is O=C(O)c1cccc(-n2ncc3c2CCCC3NC(=O)c2noc3c2CCCC3)c1. The van der Waals surface area contributed by atoms with Gasteiger partial charge in [0.2, 0.25) is 0 Å². The Morgan fingerprint density at radius 3 is 2.90 bits per heavy atom. The van der Waals surface area contributed by atoms with E-state index in [0.717, 1.165) is 67.5 Å². The van der Waals surface area contributed by atoms with E-state index in [-0.39, 0.29) is 17.5 Å². The van der Waals surface area contributed by atoms with Gasteiger partial charge in [-0.25, -0.2) is 9.48 Å². The number of benzene rings is 1. The van der Waals surface area contributed by atoms with Crippen LogP contribution < -0.4 is 5.32 Å². The molecule has 2 heterocycles. The lowest BCUT2D eigenvalue weighted by Gasteiger charge is -2.24. The van der Waals surface area contributed by atoms with Crippen LogP contribution in [0.25, 0.3) is 5.69 Å². The molecule has 0 radical (unpaired) electrons. The summed E-state index contributed by atoms with van der Waals surface area (Å²) in [6, 6.07) is 6.56. The molecule has 0 bridgehead atoms. The molecule has 8 heteroatoms. The first kappa shape index (κ1) is 18.6. The first-order valence-corrected chi connectivity index (χ1v) is 10.3. The lowest BCUT2D eigenvalue weighted by molar-refractivity contribution is 0.0696. The summed E-state index contributed by atoms with van der Waals surface area (Å²) in [5.41, 5.74) is 4.22. The van der Waals surface area contributed by atoms with E-state index in [9.17, 15) is 14.7 Å². The molecule has 0 aliphatic heterocycles. The molecule has 0 saturated carbocycles. The molecule has 3 aromatic rings. The number of aromatic nitrogens is 3. The second-order valence-corrected chi connectivity index (χ2v) is 7.87. The summed E-state index contributed by atoms with van der Waals surface area (Å²) in [6.45, 7) is 0. The minimum atomic E-state index is -0.973. The molecular weight excluding hydrogens is 384 g/mol. The third-order valence-electron chi connectivity index (χ3n) is 5.99. The van der Waals surface area contributed by atoms with Crippen molar-refractivity contribution in [2.24, 2.45) is 0 Å². The van der Waals surface area contributed by atoms with Crippen molar-refractivity contribution in [3.63, 3.8) is 0 Å². The van der Waals surface area contributed by atoms with Crippen LogP contribution in [0.2, 0.25) is 0 Å². The Hall–Kier alpha value is -3.42. The monoisotopic (exact) mass is 406 g/mol. The van der Waals surface area contributed by atoms with Crippen LogP contribution in [0.5, 0.6) is 0 Å². The second-order valence-electron chi connectivity index (χ2n) is 7.87.